The molecule has 0 aliphatic carbocycles. The normalized spacial score (nSPS) is 12.5. The molecular weight excluding hydrogens is 192 g/mol. The van der Waals surface area contributed by atoms with Gasteiger partial charge in [-0.05, 0) is 12.5 Å². The zero-order valence-electron chi connectivity index (χ0n) is 9.32. The first-order valence-corrected chi connectivity index (χ1v) is 4.81. The highest BCUT2D eigenvalue weighted by atomic mass is 16.5. The van der Waals surface area contributed by atoms with Crippen molar-refractivity contribution in [1.82, 2.24) is 0 Å². The second-order valence-electron chi connectivity index (χ2n) is 3.36. The summed E-state index contributed by atoms with van der Waals surface area (Å²) in [5.74, 6) is 0.0715. The minimum Gasteiger partial charge on any atom is -0.382 e. The molecule has 0 spiro atoms. The molecule has 0 fully saturated rings. The Kier molecular flexibility index (Phi) is 4.46. The minimum absolute atomic E-state index is 0.0715. The van der Waals surface area contributed by atoms with Crippen molar-refractivity contribution in [3.05, 3.63) is 35.4 Å². The maximum absolute atomic E-state index is 11.1. The van der Waals surface area contributed by atoms with Crippen LogP contribution in [0.2, 0.25) is 0 Å². The zero-order valence-corrected chi connectivity index (χ0v) is 9.32. The van der Waals surface area contributed by atoms with Crippen LogP contribution in [0.4, 0.5) is 0 Å². The molecule has 1 aromatic carbocycles. The van der Waals surface area contributed by atoms with E-state index in [-0.39, 0.29) is 11.9 Å². The number of rotatable bonds is 5. The summed E-state index contributed by atoms with van der Waals surface area (Å²) in [5.41, 5.74) is 1.73. The van der Waals surface area contributed by atoms with Crippen LogP contribution in [0.25, 0.3) is 0 Å². The van der Waals surface area contributed by atoms with Gasteiger partial charge in [0.05, 0.1) is 6.61 Å². The number of ketones is 1. The van der Waals surface area contributed by atoms with Crippen LogP contribution in [0.5, 0.6) is 0 Å². The van der Waals surface area contributed by atoms with E-state index in [9.17, 15) is 4.79 Å². The quantitative estimate of drug-likeness (QED) is 0.696. The fourth-order valence-electron chi connectivity index (χ4n) is 1.38. The van der Waals surface area contributed by atoms with Crippen molar-refractivity contribution in [2.24, 2.45) is 0 Å². The Morgan fingerprint density at radius 1 is 1.27 bits per heavy atom. The minimum atomic E-state index is -0.0731. The molecule has 0 radical (unpaired) electrons. The third-order valence-corrected chi connectivity index (χ3v) is 2.29. The SMILES string of the molecule is COC[C@@H](OC)c1ccc(C(C)=O)cc1. The predicted octanol–water partition coefficient (Wildman–Crippen LogP) is 2.22. The molecule has 0 aromatic heterocycles. The van der Waals surface area contributed by atoms with Crippen molar-refractivity contribution in [3.8, 4) is 0 Å². The summed E-state index contributed by atoms with van der Waals surface area (Å²) in [6.45, 7) is 2.06. The van der Waals surface area contributed by atoms with Gasteiger partial charge in [0.15, 0.2) is 5.78 Å². The fourth-order valence-corrected chi connectivity index (χ4v) is 1.38. The lowest BCUT2D eigenvalue weighted by atomic mass is 10.1. The van der Waals surface area contributed by atoms with Gasteiger partial charge in [-0.15, -0.1) is 0 Å². The molecule has 0 amide bonds. The Labute approximate surface area is 90.0 Å². The smallest absolute Gasteiger partial charge is 0.159 e. The van der Waals surface area contributed by atoms with Crippen LogP contribution in [-0.2, 0) is 9.47 Å². The lowest BCUT2D eigenvalue weighted by Gasteiger charge is -2.14. The highest BCUT2D eigenvalue weighted by molar-refractivity contribution is 5.94. The first kappa shape index (κ1) is 11.9. The molecule has 3 nitrogen and oxygen atoms in total. The van der Waals surface area contributed by atoms with Gasteiger partial charge >= 0.3 is 0 Å². The van der Waals surface area contributed by atoms with Crippen LogP contribution in [0.3, 0.4) is 0 Å². The van der Waals surface area contributed by atoms with Gasteiger partial charge in [-0.2, -0.15) is 0 Å². The summed E-state index contributed by atoms with van der Waals surface area (Å²) in [7, 11) is 3.28. The van der Waals surface area contributed by atoms with Crippen molar-refractivity contribution >= 4 is 5.78 Å². The van der Waals surface area contributed by atoms with Crippen LogP contribution in [-0.4, -0.2) is 26.6 Å². The second-order valence-corrected chi connectivity index (χ2v) is 3.36. The maximum atomic E-state index is 11.1. The first-order chi connectivity index (χ1) is 7.19. The standard InChI is InChI=1S/C12H16O3/c1-9(13)10-4-6-11(7-5-10)12(15-3)8-14-2/h4-7,12H,8H2,1-3H3/t12-/m1/s1. The van der Waals surface area contributed by atoms with E-state index in [0.717, 1.165) is 5.56 Å². The molecule has 0 N–H and O–H groups in total. The van der Waals surface area contributed by atoms with E-state index in [0.29, 0.717) is 12.2 Å². The average Bonchev–Trinajstić information content (AvgIpc) is 2.26. The van der Waals surface area contributed by atoms with Gasteiger partial charge in [-0.3, -0.25) is 4.79 Å². The van der Waals surface area contributed by atoms with E-state index >= 15 is 0 Å². The Morgan fingerprint density at radius 2 is 1.87 bits per heavy atom. The van der Waals surface area contributed by atoms with E-state index in [4.69, 9.17) is 9.47 Å². The maximum Gasteiger partial charge on any atom is 0.159 e. The summed E-state index contributed by atoms with van der Waals surface area (Å²) in [6.07, 6.45) is -0.0731. The van der Waals surface area contributed by atoms with Crippen molar-refractivity contribution < 1.29 is 14.3 Å². The van der Waals surface area contributed by atoms with Crippen LogP contribution in [0.15, 0.2) is 24.3 Å². The second kappa shape index (κ2) is 5.63. The highest BCUT2D eigenvalue weighted by Gasteiger charge is 2.10. The number of ether oxygens (including phenoxy) is 2. The van der Waals surface area contributed by atoms with Crippen LogP contribution >= 0.6 is 0 Å². The first-order valence-electron chi connectivity index (χ1n) is 4.81. The predicted molar refractivity (Wildman–Crippen MR) is 58.1 cm³/mol. The van der Waals surface area contributed by atoms with Crippen molar-refractivity contribution in [2.45, 2.75) is 13.0 Å². The third kappa shape index (κ3) is 3.15. The van der Waals surface area contributed by atoms with E-state index in [1.165, 1.54) is 0 Å². The molecule has 1 aromatic rings. The lowest BCUT2D eigenvalue weighted by Crippen LogP contribution is -2.08. The topological polar surface area (TPSA) is 35.5 Å². The Morgan fingerprint density at radius 3 is 2.27 bits per heavy atom. The van der Waals surface area contributed by atoms with E-state index in [1.807, 2.05) is 12.1 Å². The van der Waals surface area contributed by atoms with Gasteiger partial charge < -0.3 is 9.47 Å². The van der Waals surface area contributed by atoms with Crippen LogP contribution in [0, 0.1) is 0 Å². The number of methoxy groups -OCH3 is 2. The Hall–Kier alpha value is -1.19. The summed E-state index contributed by atoms with van der Waals surface area (Å²) >= 11 is 0. The molecule has 3 heteroatoms. The summed E-state index contributed by atoms with van der Waals surface area (Å²) < 4.78 is 10.3. The molecule has 82 valence electrons. The summed E-state index contributed by atoms with van der Waals surface area (Å²) in [6, 6.07) is 7.40. The van der Waals surface area contributed by atoms with Gasteiger partial charge in [0.25, 0.3) is 0 Å². The van der Waals surface area contributed by atoms with Crippen molar-refractivity contribution in [2.75, 3.05) is 20.8 Å². The number of carbonyl (C=O) groups is 1. The number of hydrogen-bond donors (Lipinski definition) is 0. The lowest BCUT2D eigenvalue weighted by molar-refractivity contribution is 0.0275. The monoisotopic (exact) mass is 208 g/mol. The molecule has 0 unspecified atom stereocenters. The molecule has 0 aliphatic rings. The Bertz CT molecular complexity index is 316. The number of Topliss-reactive ketones (excluding diaryl/α,β-unsaturated/α-hetero) is 1. The highest BCUT2D eigenvalue weighted by Crippen LogP contribution is 2.17. The molecule has 0 saturated heterocycles. The van der Waals surface area contributed by atoms with E-state index < -0.39 is 0 Å². The van der Waals surface area contributed by atoms with Gasteiger partial charge in [-0.25, -0.2) is 0 Å². The van der Waals surface area contributed by atoms with Crippen molar-refractivity contribution in [3.63, 3.8) is 0 Å². The molecule has 1 rings (SSSR count). The van der Waals surface area contributed by atoms with Gasteiger partial charge in [0, 0.05) is 19.8 Å². The summed E-state index contributed by atoms with van der Waals surface area (Å²) in [4.78, 5) is 11.1. The number of benzene rings is 1. The molecule has 1 atom stereocenters. The molecule has 0 saturated carbocycles. The third-order valence-electron chi connectivity index (χ3n) is 2.29. The van der Waals surface area contributed by atoms with Crippen LogP contribution in [0.1, 0.15) is 28.9 Å². The van der Waals surface area contributed by atoms with Crippen molar-refractivity contribution in [1.29, 1.82) is 0 Å². The summed E-state index contributed by atoms with van der Waals surface area (Å²) in [5, 5.41) is 0. The fraction of sp³-hybridized carbons (Fsp3) is 0.417. The van der Waals surface area contributed by atoms with E-state index in [2.05, 4.69) is 0 Å². The molecule has 0 bridgehead atoms. The molecule has 0 aliphatic heterocycles. The largest absolute Gasteiger partial charge is 0.382 e. The zero-order chi connectivity index (χ0) is 11.3. The van der Waals surface area contributed by atoms with E-state index in [1.54, 1.807) is 33.3 Å². The average molecular weight is 208 g/mol. The number of hydrogen-bond acceptors (Lipinski definition) is 3. The van der Waals surface area contributed by atoms with Gasteiger partial charge in [-0.1, -0.05) is 24.3 Å². The molecule has 0 heterocycles. The van der Waals surface area contributed by atoms with Gasteiger partial charge in [0.2, 0.25) is 0 Å². The van der Waals surface area contributed by atoms with Gasteiger partial charge in [0.1, 0.15) is 6.10 Å². The number of carbonyl (C=O) groups excluding carboxylic acids is 1. The molecule has 15 heavy (non-hydrogen) atoms. The molecular formula is C12H16O3. The van der Waals surface area contributed by atoms with Crippen LogP contribution < -0.4 is 0 Å². The Balaban J connectivity index is 2.81.